The maximum atomic E-state index is 12.5. The summed E-state index contributed by atoms with van der Waals surface area (Å²) in [6.07, 6.45) is 9.05. The summed E-state index contributed by atoms with van der Waals surface area (Å²) in [7, 11) is 1.86. The fourth-order valence-corrected chi connectivity index (χ4v) is 6.02. The molecule has 5 rings (SSSR count). The van der Waals surface area contributed by atoms with Crippen LogP contribution in [0.1, 0.15) is 79.1 Å². The molecule has 206 valence electrons. The van der Waals surface area contributed by atoms with Crippen molar-refractivity contribution in [2.75, 3.05) is 13.1 Å². The van der Waals surface area contributed by atoms with Crippen molar-refractivity contribution >= 4 is 17.0 Å². The Bertz CT molecular complexity index is 1480. The molecule has 1 atom stereocenters. The summed E-state index contributed by atoms with van der Waals surface area (Å²) < 4.78 is 3.97. The van der Waals surface area contributed by atoms with Gasteiger partial charge < -0.3 is 14.5 Å². The number of carbonyl (C=O) groups is 1. The molecule has 0 spiro atoms. The van der Waals surface area contributed by atoms with Gasteiger partial charge >= 0.3 is 29.6 Å². The van der Waals surface area contributed by atoms with E-state index in [9.17, 15) is 9.90 Å². The number of benzene rings is 2. The number of rotatable bonds is 8. The molecule has 2 aromatic carbocycles. The molecule has 0 amide bonds. The first-order chi connectivity index (χ1) is 18.7. The summed E-state index contributed by atoms with van der Waals surface area (Å²) in [5.74, 6) is -0.438. The van der Waals surface area contributed by atoms with Crippen LogP contribution in [0.25, 0.3) is 11.0 Å². The summed E-state index contributed by atoms with van der Waals surface area (Å²) in [6, 6.07) is 10.3. The maximum Gasteiger partial charge on any atom is 1.00 e. The van der Waals surface area contributed by atoms with Crippen LogP contribution >= 0.6 is 0 Å². The number of fused-ring (bicyclic) bond motifs is 1. The third kappa shape index (κ3) is 6.05. The first-order valence-electron chi connectivity index (χ1n) is 14.0. The molecule has 8 nitrogen and oxygen atoms in total. The number of aromatic nitrogens is 5. The molecule has 0 N–H and O–H groups in total. The van der Waals surface area contributed by atoms with Crippen molar-refractivity contribution in [3.8, 4) is 0 Å². The Morgan fingerprint density at radius 3 is 2.48 bits per heavy atom. The first kappa shape index (κ1) is 30.4. The van der Waals surface area contributed by atoms with Gasteiger partial charge in [0.15, 0.2) is 0 Å². The van der Waals surface area contributed by atoms with Gasteiger partial charge in [0, 0.05) is 43.3 Å². The second-order valence-corrected chi connectivity index (χ2v) is 11.7. The van der Waals surface area contributed by atoms with Crippen LogP contribution in [-0.2, 0) is 24.9 Å². The number of carbonyl (C=O) groups excluding carboxylic acids is 1. The summed E-state index contributed by atoms with van der Waals surface area (Å²) in [6.45, 7) is 11.4. The Labute approximate surface area is 259 Å². The average molecular weight is 551 g/mol. The summed E-state index contributed by atoms with van der Waals surface area (Å²) in [5.41, 5.74) is 5.69. The molecule has 1 aliphatic rings. The minimum Gasteiger partial charge on any atom is -0.550 e. The maximum absolute atomic E-state index is 12.5. The van der Waals surface area contributed by atoms with Crippen LogP contribution in [0, 0.1) is 19.3 Å². The van der Waals surface area contributed by atoms with Gasteiger partial charge in [-0.2, -0.15) is 0 Å². The van der Waals surface area contributed by atoms with Gasteiger partial charge in [0.2, 0.25) is 0 Å². The Hall–Kier alpha value is -2.52. The standard InChI is InChI=1S/C31H40N6O2.Na/c1-21-10-11-23(18-24(21)19-37-17-14-32-27(37)20-36-15-8-6-7-9-16-36)28(31(3,4)30(38)39)25-12-13-26-29(22(25)2)33-34-35(26)5;/h10-14,17-18,28H,6-9,15-16,19-20H2,1-5H3,(H,38,39);/q;+1/p-1/t28-;/m0./s1. The van der Waals surface area contributed by atoms with Crippen molar-refractivity contribution in [1.29, 1.82) is 0 Å². The molecular weight excluding hydrogens is 511 g/mol. The van der Waals surface area contributed by atoms with E-state index in [0.29, 0.717) is 6.54 Å². The Kier molecular flexibility index (Phi) is 9.55. The summed E-state index contributed by atoms with van der Waals surface area (Å²) in [5, 5.41) is 21.0. The minimum atomic E-state index is -1.15. The number of aliphatic carboxylic acids is 1. The van der Waals surface area contributed by atoms with Crippen molar-refractivity contribution in [2.45, 2.75) is 72.4 Å². The van der Waals surface area contributed by atoms with E-state index >= 15 is 0 Å². The zero-order chi connectivity index (χ0) is 27.7. The van der Waals surface area contributed by atoms with Gasteiger partial charge in [0.25, 0.3) is 0 Å². The van der Waals surface area contributed by atoms with E-state index in [1.165, 1.54) is 31.2 Å². The van der Waals surface area contributed by atoms with Crippen LogP contribution < -0.4 is 34.7 Å². The fourth-order valence-electron chi connectivity index (χ4n) is 6.02. The summed E-state index contributed by atoms with van der Waals surface area (Å²) in [4.78, 5) is 19.7. The number of hydrogen-bond donors (Lipinski definition) is 0. The predicted octanol–water partition coefficient (Wildman–Crippen LogP) is 1.12. The molecule has 4 aromatic rings. The van der Waals surface area contributed by atoms with Crippen molar-refractivity contribution in [3.05, 3.63) is 76.4 Å². The van der Waals surface area contributed by atoms with E-state index < -0.39 is 17.3 Å². The normalized spacial score (nSPS) is 15.5. The van der Waals surface area contributed by atoms with Crippen LogP contribution in [0.5, 0.6) is 0 Å². The Morgan fingerprint density at radius 2 is 1.77 bits per heavy atom. The minimum absolute atomic E-state index is 0. The largest absolute Gasteiger partial charge is 1.00 e. The van der Waals surface area contributed by atoms with Gasteiger partial charge in [0.1, 0.15) is 11.3 Å². The molecule has 0 bridgehead atoms. The van der Waals surface area contributed by atoms with Gasteiger partial charge in [0.05, 0.1) is 12.1 Å². The quantitative estimate of drug-likeness (QED) is 0.306. The monoisotopic (exact) mass is 550 g/mol. The van der Waals surface area contributed by atoms with Crippen molar-refractivity contribution < 1.29 is 39.5 Å². The molecule has 40 heavy (non-hydrogen) atoms. The van der Waals surface area contributed by atoms with E-state index in [4.69, 9.17) is 4.98 Å². The van der Waals surface area contributed by atoms with Gasteiger partial charge in [-0.15, -0.1) is 5.10 Å². The van der Waals surface area contributed by atoms with Crippen molar-refractivity contribution in [2.24, 2.45) is 12.5 Å². The van der Waals surface area contributed by atoms with Gasteiger partial charge in [-0.1, -0.05) is 56.2 Å². The van der Waals surface area contributed by atoms with E-state index in [-0.39, 0.29) is 29.6 Å². The molecule has 3 heterocycles. The fraction of sp³-hybridized carbons (Fsp3) is 0.484. The Morgan fingerprint density at radius 1 is 1.05 bits per heavy atom. The van der Waals surface area contributed by atoms with Crippen molar-refractivity contribution in [1.82, 2.24) is 29.4 Å². The number of nitrogens with zero attached hydrogens (tertiary/aromatic N) is 6. The van der Waals surface area contributed by atoms with Crippen LogP contribution in [0.4, 0.5) is 0 Å². The van der Waals surface area contributed by atoms with Gasteiger partial charge in [-0.25, -0.2) is 9.67 Å². The van der Waals surface area contributed by atoms with E-state index in [1.807, 2.05) is 38.5 Å². The molecule has 1 saturated heterocycles. The molecule has 1 aliphatic heterocycles. The third-order valence-corrected chi connectivity index (χ3v) is 8.55. The topological polar surface area (TPSA) is 91.9 Å². The van der Waals surface area contributed by atoms with Crippen LogP contribution in [-0.4, -0.2) is 48.5 Å². The second-order valence-electron chi connectivity index (χ2n) is 11.7. The number of imidazole rings is 1. The average Bonchev–Trinajstić information content (AvgIpc) is 3.40. The van der Waals surface area contributed by atoms with Crippen LogP contribution in [0.3, 0.4) is 0 Å². The Balaban J connectivity index is 0.00000370. The number of aryl methyl sites for hydroxylation is 3. The van der Waals surface area contributed by atoms with E-state index in [0.717, 1.165) is 58.7 Å². The van der Waals surface area contributed by atoms with Crippen LogP contribution in [0.2, 0.25) is 0 Å². The zero-order valence-electron chi connectivity index (χ0n) is 24.8. The molecule has 1 fully saturated rings. The van der Waals surface area contributed by atoms with Crippen LogP contribution in [0.15, 0.2) is 42.7 Å². The molecule has 0 unspecified atom stereocenters. The van der Waals surface area contributed by atoms with Gasteiger partial charge in [-0.05, 0) is 73.7 Å². The van der Waals surface area contributed by atoms with E-state index in [1.54, 1.807) is 18.5 Å². The molecule has 9 heteroatoms. The van der Waals surface area contributed by atoms with Crippen molar-refractivity contribution in [3.63, 3.8) is 0 Å². The molecular formula is C31H39N6NaO2. The smallest absolute Gasteiger partial charge is 0.550 e. The van der Waals surface area contributed by atoms with Gasteiger partial charge in [-0.3, -0.25) is 4.90 Å². The number of carboxylic acid groups (broad SMARTS) is 1. The second kappa shape index (κ2) is 12.6. The third-order valence-electron chi connectivity index (χ3n) is 8.55. The summed E-state index contributed by atoms with van der Waals surface area (Å²) >= 11 is 0. The number of carboxylic acids is 1. The first-order valence-corrected chi connectivity index (χ1v) is 14.0. The zero-order valence-corrected chi connectivity index (χ0v) is 26.8. The SMILES string of the molecule is Cc1ccc([C@@H](c2ccc3c(nnn3C)c2C)C(C)(C)C(=O)[O-])cc1Cn1ccnc1CN1CCCCCC1.[Na+]. The molecule has 2 aromatic heterocycles. The molecule has 0 radical (unpaired) electrons. The molecule has 0 aliphatic carbocycles. The number of likely N-dealkylation sites (tertiary alicyclic amines) is 1. The molecule has 0 saturated carbocycles. The number of hydrogen-bond acceptors (Lipinski definition) is 6. The predicted molar refractivity (Wildman–Crippen MR) is 150 cm³/mol. The van der Waals surface area contributed by atoms with E-state index in [2.05, 4.69) is 44.9 Å².